The third-order valence-electron chi connectivity index (χ3n) is 4.54. The van der Waals surface area contributed by atoms with E-state index in [0.29, 0.717) is 17.1 Å². The molecule has 1 amide bonds. The van der Waals surface area contributed by atoms with Crippen LogP contribution in [-0.4, -0.2) is 37.8 Å². The van der Waals surface area contributed by atoms with Gasteiger partial charge in [0.25, 0.3) is 0 Å². The summed E-state index contributed by atoms with van der Waals surface area (Å²) >= 11 is 0. The van der Waals surface area contributed by atoms with Crippen molar-refractivity contribution >= 4 is 17.2 Å². The van der Waals surface area contributed by atoms with Gasteiger partial charge in [0.1, 0.15) is 24.1 Å². The number of nitrogens with zero attached hydrogens (tertiary/aromatic N) is 4. The fourth-order valence-electron chi connectivity index (χ4n) is 2.90. The molecule has 1 fully saturated rings. The Kier molecular flexibility index (Phi) is 4.68. The monoisotopic (exact) mass is 391 g/mol. The number of hydrogen-bond acceptors (Lipinski definition) is 6. The number of fused-ring (bicyclic) bond motifs is 1. The lowest BCUT2D eigenvalue weighted by Crippen LogP contribution is -2.28. The van der Waals surface area contributed by atoms with Gasteiger partial charge in [-0.2, -0.15) is 10.4 Å². The molecular formula is C21H21N5O3. The molecule has 3 aromatic rings. The standard InChI is InChI=1S/C21H21N5O3/c1-21(2,28)12-29-18-11-23-15(10-22)8-17(18)14-5-6-26-16(7-14)9-19(25-26)24-20(27)13-3-4-13/h5-9,11,13,28H,3-4,12H2,1-2H3,(H,24,25,27). The summed E-state index contributed by atoms with van der Waals surface area (Å²) in [6.07, 6.45) is 5.13. The zero-order valence-corrected chi connectivity index (χ0v) is 16.2. The zero-order chi connectivity index (χ0) is 20.6. The highest BCUT2D eigenvalue weighted by atomic mass is 16.5. The first-order chi connectivity index (χ1) is 13.8. The lowest BCUT2D eigenvalue weighted by Gasteiger charge is -2.19. The lowest BCUT2D eigenvalue weighted by atomic mass is 10.1. The Bertz CT molecular complexity index is 1120. The molecule has 148 valence electrons. The highest BCUT2D eigenvalue weighted by Crippen LogP contribution is 2.32. The number of pyridine rings is 2. The average molecular weight is 391 g/mol. The molecule has 1 aliphatic rings. The maximum Gasteiger partial charge on any atom is 0.228 e. The van der Waals surface area contributed by atoms with Crippen molar-refractivity contribution in [1.82, 2.24) is 14.6 Å². The van der Waals surface area contributed by atoms with Crippen LogP contribution in [0.3, 0.4) is 0 Å². The molecule has 2 N–H and O–H groups in total. The van der Waals surface area contributed by atoms with Crippen molar-refractivity contribution < 1.29 is 14.6 Å². The fraction of sp³-hybridized carbons (Fsp3) is 0.333. The van der Waals surface area contributed by atoms with Gasteiger partial charge >= 0.3 is 0 Å². The number of hydrogen-bond donors (Lipinski definition) is 2. The van der Waals surface area contributed by atoms with Gasteiger partial charge in [-0.3, -0.25) is 4.79 Å². The summed E-state index contributed by atoms with van der Waals surface area (Å²) in [4.78, 5) is 16.0. The number of aromatic nitrogens is 3. The highest BCUT2D eigenvalue weighted by Gasteiger charge is 2.30. The predicted molar refractivity (Wildman–Crippen MR) is 106 cm³/mol. The first kappa shape index (κ1) is 18.9. The Hall–Kier alpha value is -3.44. The highest BCUT2D eigenvalue weighted by molar-refractivity contribution is 5.93. The van der Waals surface area contributed by atoms with E-state index >= 15 is 0 Å². The molecular weight excluding hydrogens is 370 g/mol. The Morgan fingerprint density at radius 3 is 2.90 bits per heavy atom. The van der Waals surface area contributed by atoms with Crippen LogP contribution in [0, 0.1) is 17.2 Å². The molecule has 3 heterocycles. The van der Waals surface area contributed by atoms with Gasteiger partial charge in [0.15, 0.2) is 5.82 Å². The third kappa shape index (κ3) is 4.36. The third-order valence-corrected chi connectivity index (χ3v) is 4.54. The van der Waals surface area contributed by atoms with Gasteiger partial charge < -0.3 is 15.2 Å². The number of nitriles is 1. The first-order valence-electron chi connectivity index (χ1n) is 9.38. The van der Waals surface area contributed by atoms with E-state index in [0.717, 1.165) is 23.9 Å². The predicted octanol–water partition coefficient (Wildman–Crippen LogP) is 2.77. The summed E-state index contributed by atoms with van der Waals surface area (Å²) in [6, 6.07) is 9.23. The van der Waals surface area contributed by atoms with Crippen LogP contribution in [0.4, 0.5) is 5.82 Å². The molecule has 3 aromatic heterocycles. The van der Waals surface area contributed by atoms with Crippen LogP contribution in [-0.2, 0) is 4.79 Å². The summed E-state index contributed by atoms with van der Waals surface area (Å²) < 4.78 is 7.43. The van der Waals surface area contributed by atoms with E-state index in [2.05, 4.69) is 15.4 Å². The van der Waals surface area contributed by atoms with Gasteiger partial charge in [-0.25, -0.2) is 9.50 Å². The molecule has 4 rings (SSSR count). The van der Waals surface area contributed by atoms with Gasteiger partial charge in [0.2, 0.25) is 5.91 Å². The molecule has 0 saturated heterocycles. The smallest absolute Gasteiger partial charge is 0.228 e. The van der Waals surface area contributed by atoms with Crippen molar-refractivity contribution in [3.63, 3.8) is 0 Å². The SMILES string of the molecule is CC(C)(O)COc1cnc(C#N)cc1-c1ccn2nc(NC(=O)C3CC3)cc2c1. The second kappa shape index (κ2) is 7.18. The van der Waals surface area contributed by atoms with Crippen LogP contribution in [0.2, 0.25) is 0 Å². The molecule has 0 aliphatic heterocycles. The maximum atomic E-state index is 12.0. The molecule has 0 bridgehead atoms. The minimum Gasteiger partial charge on any atom is -0.488 e. The van der Waals surface area contributed by atoms with E-state index in [1.54, 1.807) is 36.7 Å². The van der Waals surface area contributed by atoms with Crippen LogP contribution >= 0.6 is 0 Å². The molecule has 0 radical (unpaired) electrons. The Morgan fingerprint density at radius 1 is 1.41 bits per heavy atom. The number of amides is 1. The molecule has 1 aliphatic carbocycles. The Labute approximate surface area is 167 Å². The van der Waals surface area contributed by atoms with Crippen molar-refractivity contribution in [3.8, 4) is 22.9 Å². The van der Waals surface area contributed by atoms with Gasteiger partial charge in [-0.15, -0.1) is 0 Å². The Morgan fingerprint density at radius 2 is 2.21 bits per heavy atom. The van der Waals surface area contributed by atoms with Crippen molar-refractivity contribution in [2.45, 2.75) is 32.3 Å². The second-order valence-electron chi connectivity index (χ2n) is 7.86. The number of rotatable bonds is 6. The van der Waals surface area contributed by atoms with E-state index in [4.69, 9.17) is 4.74 Å². The van der Waals surface area contributed by atoms with E-state index in [-0.39, 0.29) is 24.1 Å². The van der Waals surface area contributed by atoms with E-state index in [9.17, 15) is 15.2 Å². The number of aliphatic hydroxyl groups is 1. The summed E-state index contributed by atoms with van der Waals surface area (Å²) in [5.74, 6) is 1.08. The summed E-state index contributed by atoms with van der Waals surface area (Å²) in [5.41, 5.74) is 1.55. The van der Waals surface area contributed by atoms with Crippen molar-refractivity contribution in [2.75, 3.05) is 11.9 Å². The van der Waals surface area contributed by atoms with Crippen molar-refractivity contribution in [1.29, 1.82) is 5.26 Å². The summed E-state index contributed by atoms with van der Waals surface area (Å²) in [7, 11) is 0. The average Bonchev–Trinajstić information content (AvgIpc) is 3.46. The topological polar surface area (TPSA) is 113 Å². The van der Waals surface area contributed by atoms with E-state index < -0.39 is 5.60 Å². The molecule has 0 spiro atoms. The van der Waals surface area contributed by atoms with Crippen LogP contribution in [0.5, 0.6) is 5.75 Å². The minimum atomic E-state index is -1.00. The van der Waals surface area contributed by atoms with Gasteiger partial charge in [0, 0.05) is 23.7 Å². The van der Waals surface area contributed by atoms with E-state index in [1.807, 2.05) is 18.2 Å². The lowest BCUT2D eigenvalue weighted by molar-refractivity contribution is -0.117. The summed E-state index contributed by atoms with van der Waals surface area (Å²) in [6.45, 7) is 3.39. The molecule has 0 atom stereocenters. The summed E-state index contributed by atoms with van der Waals surface area (Å²) in [5, 5.41) is 26.4. The van der Waals surface area contributed by atoms with Gasteiger partial charge in [-0.05, 0) is 50.5 Å². The van der Waals surface area contributed by atoms with Crippen LogP contribution in [0.25, 0.3) is 16.6 Å². The first-order valence-corrected chi connectivity index (χ1v) is 9.38. The fourth-order valence-corrected chi connectivity index (χ4v) is 2.90. The molecule has 8 heteroatoms. The molecule has 1 saturated carbocycles. The number of nitrogens with one attached hydrogen (secondary N) is 1. The zero-order valence-electron chi connectivity index (χ0n) is 16.2. The van der Waals surface area contributed by atoms with Gasteiger partial charge in [-0.1, -0.05) is 0 Å². The molecule has 29 heavy (non-hydrogen) atoms. The molecule has 0 aromatic carbocycles. The van der Waals surface area contributed by atoms with Crippen LogP contribution < -0.4 is 10.1 Å². The molecule has 0 unspecified atom stereocenters. The van der Waals surface area contributed by atoms with Crippen LogP contribution in [0.15, 0.2) is 36.7 Å². The molecule has 8 nitrogen and oxygen atoms in total. The van der Waals surface area contributed by atoms with Crippen LogP contribution in [0.1, 0.15) is 32.4 Å². The van der Waals surface area contributed by atoms with Crippen molar-refractivity contribution in [2.24, 2.45) is 5.92 Å². The largest absolute Gasteiger partial charge is 0.488 e. The maximum absolute atomic E-state index is 12.0. The quantitative estimate of drug-likeness (QED) is 0.668. The Balaban J connectivity index is 1.67. The minimum absolute atomic E-state index is 0.00345. The number of carbonyl (C=O) groups is 1. The van der Waals surface area contributed by atoms with Crippen molar-refractivity contribution in [3.05, 3.63) is 42.4 Å². The second-order valence-corrected chi connectivity index (χ2v) is 7.86. The number of ether oxygens (including phenoxy) is 1. The number of anilines is 1. The number of carbonyl (C=O) groups excluding carboxylic acids is 1. The van der Waals surface area contributed by atoms with Gasteiger partial charge in [0.05, 0.1) is 17.3 Å². The normalized spacial score (nSPS) is 13.9. The van der Waals surface area contributed by atoms with E-state index in [1.165, 1.54) is 6.20 Å².